The van der Waals surface area contributed by atoms with Gasteiger partial charge in [0.1, 0.15) is 12.0 Å². The third kappa shape index (κ3) is 7.13. The number of guanidine groups is 1. The maximum absolute atomic E-state index is 11.7. The van der Waals surface area contributed by atoms with E-state index in [1.807, 2.05) is 52.0 Å². The lowest BCUT2D eigenvalue weighted by Gasteiger charge is -2.12. The zero-order chi connectivity index (χ0) is 19.6. The number of aliphatic imine (C=N–C) groups is 1. The minimum Gasteiger partial charge on any atom is -0.444 e. The van der Waals surface area contributed by atoms with Gasteiger partial charge in [-0.25, -0.2) is 9.98 Å². The van der Waals surface area contributed by atoms with Gasteiger partial charge in [-0.1, -0.05) is 17.7 Å². The monoisotopic (exact) mass is 371 g/mol. The van der Waals surface area contributed by atoms with E-state index in [2.05, 4.69) is 25.9 Å². The van der Waals surface area contributed by atoms with E-state index < -0.39 is 0 Å². The SMILES string of the molecule is CCNC(=NCc1coc(-c2ccc(C)cc2)n1)NCCC(=O)NC(C)C. The molecule has 7 heteroatoms. The maximum Gasteiger partial charge on any atom is 0.226 e. The van der Waals surface area contributed by atoms with Crippen LogP contribution in [0.5, 0.6) is 0 Å². The number of rotatable bonds is 8. The molecule has 0 saturated heterocycles. The largest absolute Gasteiger partial charge is 0.444 e. The Bertz CT molecular complexity index is 750. The van der Waals surface area contributed by atoms with Gasteiger partial charge in [-0.2, -0.15) is 0 Å². The van der Waals surface area contributed by atoms with Gasteiger partial charge in [0, 0.05) is 31.1 Å². The molecular weight excluding hydrogens is 342 g/mol. The molecule has 0 aliphatic rings. The number of aryl methyl sites for hydroxylation is 1. The minimum atomic E-state index is 0.0209. The zero-order valence-corrected chi connectivity index (χ0v) is 16.5. The van der Waals surface area contributed by atoms with Crippen molar-refractivity contribution < 1.29 is 9.21 Å². The van der Waals surface area contributed by atoms with Crippen molar-refractivity contribution in [3.8, 4) is 11.5 Å². The number of hydrogen-bond donors (Lipinski definition) is 3. The minimum absolute atomic E-state index is 0.0209. The molecule has 0 unspecified atom stereocenters. The summed E-state index contributed by atoms with van der Waals surface area (Å²) in [6, 6.07) is 8.18. The molecule has 3 N–H and O–H groups in total. The molecule has 0 saturated carbocycles. The zero-order valence-electron chi connectivity index (χ0n) is 16.5. The summed E-state index contributed by atoms with van der Waals surface area (Å²) >= 11 is 0. The molecule has 146 valence electrons. The molecule has 0 aliphatic heterocycles. The molecule has 0 radical (unpaired) electrons. The van der Waals surface area contributed by atoms with E-state index >= 15 is 0 Å². The molecule has 1 aromatic carbocycles. The molecular formula is C20H29N5O2. The lowest BCUT2D eigenvalue weighted by Crippen LogP contribution is -2.40. The van der Waals surface area contributed by atoms with Crippen molar-refractivity contribution in [2.24, 2.45) is 4.99 Å². The predicted octanol–water partition coefficient (Wildman–Crippen LogP) is 2.62. The molecule has 27 heavy (non-hydrogen) atoms. The number of carbonyl (C=O) groups is 1. The van der Waals surface area contributed by atoms with Crippen LogP contribution in [0.15, 0.2) is 39.9 Å². The Morgan fingerprint density at radius 2 is 1.96 bits per heavy atom. The van der Waals surface area contributed by atoms with E-state index in [0.29, 0.717) is 31.4 Å². The van der Waals surface area contributed by atoms with E-state index in [1.54, 1.807) is 6.26 Å². The quantitative estimate of drug-likeness (QED) is 0.490. The van der Waals surface area contributed by atoms with Crippen LogP contribution < -0.4 is 16.0 Å². The van der Waals surface area contributed by atoms with Crippen LogP contribution in [-0.4, -0.2) is 36.0 Å². The van der Waals surface area contributed by atoms with Crippen molar-refractivity contribution >= 4 is 11.9 Å². The number of oxazole rings is 1. The van der Waals surface area contributed by atoms with Crippen LogP contribution in [0, 0.1) is 6.92 Å². The fraction of sp³-hybridized carbons (Fsp3) is 0.450. The highest BCUT2D eigenvalue weighted by atomic mass is 16.3. The van der Waals surface area contributed by atoms with Crippen LogP contribution in [-0.2, 0) is 11.3 Å². The first-order valence-corrected chi connectivity index (χ1v) is 9.31. The van der Waals surface area contributed by atoms with Crippen LogP contribution >= 0.6 is 0 Å². The van der Waals surface area contributed by atoms with Gasteiger partial charge < -0.3 is 20.4 Å². The normalized spacial score (nSPS) is 11.5. The van der Waals surface area contributed by atoms with Crippen LogP contribution in [0.3, 0.4) is 0 Å². The van der Waals surface area contributed by atoms with E-state index in [4.69, 9.17) is 4.42 Å². The van der Waals surface area contributed by atoms with Crippen LogP contribution in [0.2, 0.25) is 0 Å². The van der Waals surface area contributed by atoms with Gasteiger partial charge in [-0.05, 0) is 39.8 Å². The summed E-state index contributed by atoms with van der Waals surface area (Å²) in [4.78, 5) is 20.7. The Balaban J connectivity index is 1.90. The third-order valence-electron chi connectivity index (χ3n) is 3.69. The van der Waals surface area contributed by atoms with Crippen molar-refractivity contribution in [3.63, 3.8) is 0 Å². The molecule has 0 atom stereocenters. The first-order valence-electron chi connectivity index (χ1n) is 9.31. The average molecular weight is 371 g/mol. The van der Waals surface area contributed by atoms with Crippen LogP contribution in [0.25, 0.3) is 11.5 Å². The summed E-state index contributed by atoms with van der Waals surface area (Å²) in [6.07, 6.45) is 2.02. The summed E-state index contributed by atoms with van der Waals surface area (Å²) in [5, 5.41) is 9.19. The third-order valence-corrected chi connectivity index (χ3v) is 3.69. The van der Waals surface area contributed by atoms with E-state index in [-0.39, 0.29) is 11.9 Å². The molecule has 0 spiro atoms. The van der Waals surface area contributed by atoms with Gasteiger partial charge in [0.25, 0.3) is 0 Å². The van der Waals surface area contributed by atoms with Crippen molar-refractivity contribution in [1.29, 1.82) is 0 Å². The Hall–Kier alpha value is -2.83. The highest BCUT2D eigenvalue weighted by molar-refractivity contribution is 5.81. The Morgan fingerprint density at radius 1 is 1.22 bits per heavy atom. The molecule has 2 rings (SSSR count). The summed E-state index contributed by atoms with van der Waals surface area (Å²) in [7, 11) is 0. The number of carbonyl (C=O) groups excluding carboxylic acids is 1. The maximum atomic E-state index is 11.7. The van der Waals surface area contributed by atoms with Gasteiger partial charge in [0.05, 0.1) is 6.54 Å². The number of nitrogens with zero attached hydrogens (tertiary/aromatic N) is 2. The van der Waals surface area contributed by atoms with Gasteiger partial charge in [0.15, 0.2) is 5.96 Å². The van der Waals surface area contributed by atoms with Crippen molar-refractivity contribution in [1.82, 2.24) is 20.9 Å². The topological polar surface area (TPSA) is 91.6 Å². The smallest absolute Gasteiger partial charge is 0.226 e. The van der Waals surface area contributed by atoms with Crippen molar-refractivity contribution in [3.05, 3.63) is 41.8 Å². The summed E-state index contributed by atoms with van der Waals surface area (Å²) in [5.74, 6) is 1.26. The Kier molecular flexibility index (Phi) is 7.85. The lowest BCUT2D eigenvalue weighted by atomic mass is 10.1. The van der Waals surface area contributed by atoms with E-state index in [9.17, 15) is 4.79 Å². The summed E-state index contributed by atoms with van der Waals surface area (Å²) in [6.45, 7) is 9.56. The molecule has 1 aromatic heterocycles. The highest BCUT2D eigenvalue weighted by Gasteiger charge is 2.07. The first kappa shape index (κ1) is 20.5. The number of amides is 1. The van der Waals surface area contributed by atoms with E-state index in [1.165, 1.54) is 5.56 Å². The number of aromatic nitrogens is 1. The molecule has 0 fully saturated rings. The van der Waals surface area contributed by atoms with Gasteiger partial charge >= 0.3 is 0 Å². The fourth-order valence-electron chi connectivity index (χ4n) is 2.40. The Morgan fingerprint density at radius 3 is 2.63 bits per heavy atom. The molecule has 0 bridgehead atoms. The number of hydrogen-bond acceptors (Lipinski definition) is 4. The highest BCUT2D eigenvalue weighted by Crippen LogP contribution is 2.19. The van der Waals surface area contributed by atoms with E-state index in [0.717, 1.165) is 17.8 Å². The predicted molar refractivity (Wildman–Crippen MR) is 107 cm³/mol. The second kappa shape index (κ2) is 10.4. The Labute approximate surface area is 160 Å². The summed E-state index contributed by atoms with van der Waals surface area (Å²) < 4.78 is 5.56. The van der Waals surface area contributed by atoms with Gasteiger partial charge in [-0.15, -0.1) is 0 Å². The van der Waals surface area contributed by atoms with Gasteiger partial charge in [-0.3, -0.25) is 4.79 Å². The van der Waals surface area contributed by atoms with Crippen LogP contribution in [0.4, 0.5) is 0 Å². The summed E-state index contributed by atoms with van der Waals surface area (Å²) in [5.41, 5.74) is 2.89. The van der Waals surface area contributed by atoms with Gasteiger partial charge in [0.2, 0.25) is 11.8 Å². The fourth-order valence-corrected chi connectivity index (χ4v) is 2.40. The van der Waals surface area contributed by atoms with Crippen molar-refractivity contribution in [2.75, 3.05) is 13.1 Å². The van der Waals surface area contributed by atoms with Crippen LogP contribution in [0.1, 0.15) is 38.4 Å². The second-order valence-corrected chi connectivity index (χ2v) is 6.60. The second-order valence-electron chi connectivity index (χ2n) is 6.60. The standard InChI is InChI=1S/C20H29N5O2/c1-5-21-20(22-11-10-18(26)24-14(2)3)23-12-17-13-27-19(25-17)16-8-6-15(4)7-9-16/h6-9,13-14H,5,10-12H2,1-4H3,(H,24,26)(H2,21,22,23). The van der Waals surface area contributed by atoms with Crippen molar-refractivity contribution in [2.45, 2.75) is 46.7 Å². The lowest BCUT2D eigenvalue weighted by molar-refractivity contribution is -0.121. The number of nitrogens with one attached hydrogen (secondary N) is 3. The molecule has 0 aliphatic carbocycles. The number of benzene rings is 1. The molecule has 1 heterocycles. The first-order chi connectivity index (χ1) is 13.0. The molecule has 7 nitrogen and oxygen atoms in total. The average Bonchev–Trinajstić information content (AvgIpc) is 3.08. The molecule has 1 amide bonds. The molecule has 2 aromatic rings.